The minimum atomic E-state index is 0.221. The Morgan fingerprint density at radius 1 is 1.42 bits per heavy atom. The van der Waals surface area contributed by atoms with Crippen molar-refractivity contribution in [3.8, 4) is 0 Å². The molecule has 2 aliphatic heterocycles. The van der Waals surface area contributed by atoms with Gasteiger partial charge in [-0.2, -0.15) is 5.10 Å². The fraction of sp³-hybridized carbons (Fsp3) is 0.778. The third kappa shape index (κ3) is 4.50. The number of amides is 1. The molecule has 1 aromatic rings. The van der Waals surface area contributed by atoms with Crippen molar-refractivity contribution in [2.75, 3.05) is 31.1 Å². The second-order valence-electron chi connectivity index (χ2n) is 7.49. The second kappa shape index (κ2) is 8.01. The Morgan fingerprint density at radius 3 is 2.92 bits per heavy atom. The first kappa shape index (κ1) is 17.3. The summed E-state index contributed by atoms with van der Waals surface area (Å²) in [6.45, 7) is 6.36. The lowest BCUT2D eigenvalue weighted by molar-refractivity contribution is -0.123. The third-order valence-corrected chi connectivity index (χ3v) is 5.54. The Morgan fingerprint density at radius 2 is 2.21 bits per heavy atom. The van der Waals surface area contributed by atoms with E-state index >= 15 is 0 Å². The van der Waals surface area contributed by atoms with Crippen LogP contribution in [0.15, 0.2) is 12.4 Å². The van der Waals surface area contributed by atoms with E-state index in [2.05, 4.69) is 27.6 Å². The lowest BCUT2D eigenvalue weighted by Gasteiger charge is -2.34. The first-order chi connectivity index (χ1) is 11.6. The van der Waals surface area contributed by atoms with Gasteiger partial charge in [0.1, 0.15) is 0 Å². The Kier molecular flexibility index (Phi) is 5.76. The first-order valence-corrected chi connectivity index (χ1v) is 9.35. The van der Waals surface area contributed by atoms with Gasteiger partial charge in [0.15, 0.2) is 0 Å². The zero-order chi connectivity index (χ0) is 16.9. The topological polar surface area (TPSA) is 62.2 Å². The Balaban J connectivity index is 1.47. The Hall–Kier alpha value is -1.56. The van der Waals surface area contributed by atoms with E-state index in [0.717, 1.165) is 44.7 Å². The predicted molar refractivity (Wildman–Crippen MR) is 96.0 cm³/mol. The summed E-state index contributed by atoms with van der Waals surface area (Å²) < 4.78 is 1.83. The predicted octanol–water partition coefficient (Wildman–Crippen LogP) is 1.53. The number of rotatable bonds is 5. The van der Waals surface area contributed by atoms with Crippen molar-refractivity contribution >= 4 is 11.6 Å². The van der Waals surface area contributed by atoms with E-state index in [-0.39, 0.29) is 11.9 Å². The maximum absolute atomic E-state index is 12.4. The Bertz CT molecular complexity index is 537. The van der Waals surface area contributed by atoms with Gasteiger partial charge in [-0.1, -0.05) is 6.92 Å². The number of aryl methyl sites for hydroxylation is 1. The molecule has 6 heteroatoms. The molecule has 2 atom stereocenters. The molecule has 2 saturated heterocycles. The van der Waals surface area contributed by atoms with Gasteiger partial charge in [-0.15, -0.1) is 0 Å². The van der Waals surface area contributed by atoms with Gasteiger partial charge in [0.25, 0.3) is 0 Å². The summed E-state index contributed by atoms with van der Waals surface area (Å²) in [5, 5.41) is 10.9. The van der Waals surface area contributed by atoms with Crippen LogP contribution in [0.3, 0.4) is 0 Å². The number of aromatic nitrogens is 2. The quantitative estimate of drug-likeness (QED) is 0.858. The smallest absolute Gasteiger partial charge is 0.220 e. The SMILES string of the molecule is CC(CC(=O)NC1CCCN(c2cnn(C)c2)C1)C1CCNCC1. The van der Waals surface area contributed by atoms with Gasteiger partial charge < -0.3 is 15.5 Å². The third-order valence-electron chi connectivity index (χ3n) is 5.54. The first-order valence-electron chi connectivity index (χ1n) is 9.35. The summed E-state index contributed by atoms with van der Waals surface area (Å²) in [5.74, 6) is 1.39. The molecule has 0 radical (unpaired) electrons. The van der Waals surface area contributed by atoms with Crippen LogP contribution in [0.25, 0.3) is 0 Å². The monoisotopic (exact) mass is 333 g/mol. The molecule has 0 saturated carbocycles. The molecule has 3 heterocycles. The van der Waals surface area contributed by atoms with Gasteiger partial charge in [-0.3, -0.25) is 9.48 Å². The molecule has 6 nitrogen and oxygen atoms in total. The fourth-order valence-corrected chi connectivity index (χ4v) is 4.06. The molecule has 0 bridgehead atoms. The van der Waals surface area contributed by atoms with Crippen LogP contribution in [0.5, 0.6) is 0 Å². The van der Waals surface area contributed by atoms with Gasteiger partial charge >= 0.3 is 0 Å². The molecule has 1 amide bonds. The highest BCUT2D eigenvalue weighted by atomic mass is 16.1. The van der Waals surface area contributed by atoms with Crippen molar-refractivity contribution in [3.63, 3.8) is 0 Å². The molecule has 2 aliphatic rings. The Labute approximate surface area is 145 Å². The number of anilines is 1. The summed E-state index contributed by atoms with van der Waals surface area (Å²) in [7, 11) is 1.94. The van der Waals surface area contributed by atoms with E-state index in [9.17, 15) is 4.79 Å². The van der Waals surface area contributed by atoms with Crippen molar-refractivity contribution in [2.45, 2.75) is 45.1 Å². The van der Waals surface area contributed by atoms with Gasteiger partial charge in [0.2, 0.25) is 5.91 Å². The van der Waals surface area contributed by atoms with Crippen molar-refractivity contribution in [1.29, 1.82) is 0 Å². The van der Waals surface area contributed by atoms with Gasteiger partial charge in [0.05, 0.1) is 11.9 Å². The lowest BCUT2D eigenvalue weighted by Crippen LogP contribution is -2.48. The number of nitrogens with zero attached hydrogens (tertiary/aromatic N) is 3. The highest BCUT2D eigenvalue weighted by Gasteiger charge is 2.25. The second-order valence-corrected chi connectivity index (χ2v) is 7.49. The maximum atomic E-state index is 12.4. The van der Waals surface area contributed by atoms with Crippen LogP contribution in [-0.4, -0.2) is 47.9 Å². The maximum Gasteiger partial charge on any atom is 0.220 e. The van der Waals surface area contributed by atoms with Gasteiger partial charge in [-0.25, -0.2) is 0 Å². The summed E-state index contributed by atoms with van der Waals surface area (Å²) in [4.78, 5) is 14.8. The molecule has 0 spiro atoms. The van der Waals surface area contributed by atoms with E-state index in [1.54, 1.807) is 0 Å². The number of hydrogen-bond acceptors (Lipinski definition) is 4. The summed E-state index contributed by atoms with van der Waals surface area (Å²) in [5.41, 5.74) is 1.15. The molecular weight excluding hydrogens is 302 g/mol. The molecule has 3 rings (SSSR count). The number of carbonyl (C=O) groups is 1. The molecule has 2 N–H and O–H groups in total. The molecule has 0 aromatic carbocycles. The van der Waals surface area contributed by atoms with Gasteiger partial charge in [0, 0.05) is 38.8 Å². The van der Waals surface area contributed by atoms with Crippen molar-refractivity contribution in [3.05, 3.63) is 12.4 Å². The standard InChI is InChI=1S/C18H31N5O/c1-14(15-5-7-19-8-6-15)10-18(24)21-16-4-3-9-23(12-16)17-11-20-22(2)13-17/h11,13-16,19H,3-10,12H2,1-2H3,(H,21,24). The van der Waals surface area contributed by atoms with Crippen LogP contribution >= 0.6 is 0 Å². The zero-order valence-corrected chi connectivity index (χ0v) is 15.0. The highest BCUT2D eigenvalue weighted by molar-refractivity contribution is 5.76. The molecule has 2 fully saturated rings. The molecule has 0 aliphatic carbocycles. The van der Waals surface area contributed by atoms with E-state index in [1.165, 1.54) is 12.8 Å². The summed E-state index contributed by atoms with van der Waals surface area (Å²) in [6.07, 6.45) is 9.20. The molecule has 24 heavy (non-hydrogen) atoms. The average molecular weight is 333 g/mol. The minimum absolute atomic E-state index is 0.221. The van der Waals surface area contributed by atoms with Crippen LogP contribution in [0.2, 0.25) is 0 Å². The molecule has 2 unspecified atom stereocenters. The largest absolute Gasteiger partial charge is 0.367 e. The van der Waals surface area contributed by atoms with Crippen LogP contribution in [0, 0.1) is 11.8 Å². The lowest BCUT2D eigenvalue weighted by atomic mass is 9.84. The number of carbonyl (C=O) groups excluding carboxylic acids is 1. The zero-order valence-electron chi connectivity index (χ0n) is 15.0. The van der Waals surface area contributed by atoms with Crippen molar-refractivity contribution < 1.29 is 4.79 Å². The summed E-state index contributed by atoms with van der Waals surface area (Å²) >= 11 is 0. The number of nitrogens with one attached hydrogen (secondary N) is 2. The van der Waals surface area contributed by atoms with Crippen LogP contribution in [0.4, 0.5) is 5.69 Å². The van der Waals surface area contributed by atoms with Gasteiger partial charge in [-0.05, 0) is 50.6 Å². The van der Waals surface area contributed by atoms with E-state index < -0.39 is 0 Å². The molecule has 1 aromatic heterocycles. The number of piperidine rings is 2. The normalized spacial score (nSPS) is 23.9. The van der Waals surface area contributed by atoms with Crippen LogP contribution in [-0.2, 0) is 11.8 Å². The summed E-state index contributed by atoms with van der Waals surface area (Å²) in [6, 6.07) is 0.256. The number of hydrogen-bond donors (Lipinski definition) is 2. The van der Waals surface area contributed by atoms with E-state index in [4.69, 9.17) is 0 Å². The van der Waals surface area contributed by atoms with Crippen molar-refractivity contribution in [1.82, 2.24) is 20.4 Å². The molecule has 134 valence electrons. The minimum Gasteiger partial charge on any atom is -0.367 e. The van der Waals surface area contributed by atoms with E-state index in [1.807, 2.05) is 24.1 Å². The van der Waals surface area contributed by atoms with Crippen LogP contribution in [0.1, 0.15) is 39.0 Å². The van der Waals surface area contributed by atoms with Crippen LogP contribution < -0.4 is 15.5 Å². The molecular formula is C18H31N5O. The average Bonchev–Trinajstić information content (AvgIpc) is 3.02. The van der Waals surface area contributed by atoms with Crippen molar-refractivity contribution in [2.24, 2.45) is 18.9 Å². The fourth-order valence-electron chi connectivity index (χ4n) is 4.06. The van der Waals surface area contributed by atoms with E-state index in [0.29, 0.717) is 18.3 Å². The highest BCUT2D eigenvalue weighted by Crippen LogP contribution is 2.24.